The highest BCUT2D eigenvalue weighted by Crippen LogP contribution is 2.22. The van der Waals surface area contributed by atoms with Gasteiger partial charge in [-0.1, -0.05) is 19.1 Å². The first-order valence-electron chi connectivity index (χ1n) is 7.80. The van der Waals surface area contributed by atoms with E-state index in [9.17, 15) is 18.0 Å². The summed E-state index contributed by atoms with van der Waals surface area (Å²) in [6.07, 6.45) is 2.57. The van der Waals surface area contributed by atoms with Crippen molar-refractivity contribution in [2.24, 2.45) is 0 Å². The lowest BCUT2D eigenvalue weighted by Crippen LogP contribution is -2.30. The lowest BCUT2D eigenvalue weighted by Gasteiger charge is -2.16. The zero-order valence-corrected chi connectivity index (χ0v) is 15.9. The van der Waals surface area contributed by atoms with Crippen LogP contribution in [0.15, 0.2) is 35.2 Å². The number of benzene rings is 1. The molecular formula is C17H24N2O5S. The lowest BCUT2D eigenvalue weighted by atomic mass is 10.2. The maximum Gasteiger partial charge on any atom is 0.331 e. The molecule has 1 atom stereocenters. The highest BCUT2D eigenvalue weighted by molar-refractivity contribution is 7.89. The molecule has 0 fully saturated rings. The average Bonchev–Trinajstić information content (AvgIpc) is 2.54. The number of sulfonamides is 1. The van der Waals surface area contributed by atoms with Gasteiger partial charge in [-0.05, 0) is 38.0 Å². The monoisotopic (exact) mass is 368 g/mol. The number of rotatable bonds is 7. The largest absolute Gasteiger partial charge is 0.449 e. The van der Waals surface area contributed by atoms with Crippen molar-refractivity contribution >= 4 is 27.6 Å². The molecule has 0 spiro atoms. The molecule has 1 aromatic carbocycles. The Morgan fingerprint density at radius 1 is 1.32 bits per heavy atom. The van der Waals surface area contributed by atoms with Gasteiger partial charge in [-0.15, -0.1) is 0 Å². The third kappa shape index (κ3) is 5.68. The van der Waals surface area contributed by atoms with E-state index in [0.717, 1.165) is 4.31 Å². The fraction of sp³-hybridized carbons (Fsp3) is 0.412. The molecule has 25 heavy (non-hydrogen) atoms. The summed E-state index contributed by atoms with van der Waals surface area (Å²) >= 11 is 0. The van der Waals surface area contributed by atoms with Crippen LogP contribution < -0.4 is 5.32 Å². The van der Waals surface area contributed by atoms with Gasteiger partial charge in [-0.3, -0.25) is 4.79 Å². The van der Waals surface area contributed by atoms with Crippen molar-refractivity contribution in [3.8, 4) is 0 Å². The Bertz CT molecular complexity index is 769. The summed E-state index contributed by atoms with van der Waals surface area (Å²) in [5.74, 6) is -1.15. The van der Waals surface area contributed by atoms with Crippen LogP contribution in [0.5, 0.6) is 0 Å². The number of hydrogen-bond donors (Lipinski definition) is 1. The van der Waals surface area contributed by atoms with Crippen molar-refractivity contribution < 1.29 is 22.7 Å². The van der Waals surface area contributed by atoms with E-state index in [2.05, 4.69) is 5.32 Å². The molecule has 0 aliphatic rings. The third-order valence-electron chi connectivity index (χ3n) is 3.40. The predicted molar refractivity (Wildman–Crippen MR) is 95.7 cm³/mol. The number of allylic oxidation sites excluding steroid dienone is 1. The molecule has 0 aliphatic heterocycles. The van der Waals surface area contributed by atoms with Crippen molar-refractivity contribution in [2.75, 3.05) is 19.4 Å². The van der Waals surface area contributed by atoms with E-state index in [-0.39, 0.29) is 4.90 Å². The van der Waals surface area contributed by atoms with E-state index < -0.39 is 28.0 Å². The number of carbonyl (C=O) groups excluding carboxylic acids is 2. The topological polar surface area (TPSA) is 92.8 Å². The average molecular weight is 368 g/mol. The molecule has 138 valence electrons. The second kappa shape index (κ2) is 8.77. The summed E-state index contributed by atoms with van der Waals surface area (Å²) in [5, 5.41) is 2.60. The Morgan fingerprint density at radius 2 is 1.96 bits per heavy atom. The van der Waals surface area contributed by atoms with E-state index in [1.165, 1.54) is 39.2 Å². The van der Waals surface area contributed by atoms with Gasteiger partial charge >= 0.3 is 5.97 Å². The molecule has 0 radical (unpaired) electrons. The van der Waals surface area contributed by atoms with Crippen LogP contribution in [-0.4, -0.2) is 44.8 Å². The summed E-state index contributed by atoms with van der Waals surface area (Å²) in [6, 6.07) is 4.46. The molecule has 0 saturated carbocycles. The minimum Gasteiger partial charge on any atom is -0.449 e. The molecule has 0 aromatic heterocycles. The van der Waals surface area contributed by atoms with Crippen LogP contribution in [0.2, 0.25) is 0 Å². The normalized spacial score (nSPS) is 13.0. The fourth-order valence-corrected chi connectivity index (χ4v) is 2.75. The first-order chi connectivity index (χ1) is 11.6. The first-order valence-corrected chi connectivity index (χ1v) is 9.24. The van der Waals surface area contributed by atoms with E-state index in [4.69, 9.17) is 4.74 Å². The van der Waals surface area contributed by atoms with Crippen LogP contribution in [0, 0.1) is 6.92 Å². The predicted octanol–water partition coefficient (Wildman–Crippen LogP) is 2.08. The van der Waals surface area contributed by atoms with Gasteiger partial charge in [-0.25, -0.2) is 17.5 Å². The Kier molecular flexibility index (Phi) is 7.32. The van der Waals surface area contributed by atoms with Crippen molar-refractivity contribution in [1.29, 1.82) is 0 Å². The van der Waals surface area contributed by atoms with Crippen molar-refractivity contribution in [3.63, 3.8) is 0 Å². The Balaban J connectivity index is 2.94. The molecule has 1 aromatic rings. The van der Waals surface area contributed by atoms with Crippen LogP contribution in [0.1, 0.15) is 25.8 Å². The van der Waals surface area contributed by atoms with Gasteiger partial charge in [0, 0.05) is 25.9 Å². The first kappa shape index (κ1) is 20.9. The molecule has 0 aliphatic carbocycles. The number of anilines is 1. The summed E-state index contributed by atoms with van der Waals surface area (Å²) < 4.78 is 30.5. The van der Waals surface area contributed by atoms with Crippen molar-refractivity contribution in [1.82, 2.24) is 4.31 Å². The van der Waals surface area contributed by atoms with Crippen molar-refractivity contribution in [3.05, 3.63) is 35.9 Å². The maximum absolute atomic E-state index is 12.2. The van der Waals surface area contributed by atoms with Crippen LogP contribution in [-0.2, 0) is 24.3 Å². The van der Waals surface area contributed by atoms with Crippen LogP contribution in [0.25, 0.3) is 0 Å². The molecular weight excluding hydrogens is 344 g/mol. The molecule has 1 N–H and O–H groups in total. The highest BCUT2D eigenvalue weighted by atomic mass is 32.2. The molecule has 0 saturated heterocycles. The molecule has 0 heterocycles. The second-order valence-electron chi connectivity index (χ2n) is 5.64. The van der Waals surface area contributed by atoms with E-state index in [0.29, 0.717) is 17.7 Å². The third-order valence-corrected chi connectivity index (χ3v) is 5.21. The number of aryl methyl sites for hydroxylation is 1. The molecule has 0 bridgehead atoms. The van der Waals surface area contributed by atoms with E-state index in [1.54, 1.807) is 19.1 Å². The summed E-state index contributed by atoms with van der Waals surface area (Å²) in [5.41, 5.74) is 1.04. The second-order valence-corrected chi connectivity index (χ2v) is 7.79. The number of ether oxygens (including phenoxy) is 1. The number of amides is 1. The standard InChI is InChI=1S/C17H24N2O5S/c1-6-7-8-16(20)24-13(3)17(21)18-15-11-14(10-9-12(15)2)25(22,23)19(4)5/h7-11,13H,6H2,1-5H3,(H,18,21)/b8-7+. The van der Waals surface area contributed by atoms with Crippen LogP contribution >= 0.6 is 0 Å². The van der Waals surface area contributed by atoms with Gasteiger partial charge < -0.3 is 10.1 Å². The molecule has 1 rings (SSSR count). The van der Waals surface area contributed by atoms with Gasteiger partial charge in [0.2, 0.25) is 10.0 Å². The van der Waals surface area contributed by atoms with E-state index >= 15 is 0 Å². The highest BCUT2D eigenvalue weighted by Gasteiger charge is 2.21. The molecule has 1 amide bonds. The minimum atomic E-state index is -3.61. The quantitative estimate of drug-likeness (QED) is 0.587. The van der Waals surface area contributed by atoms with Gasteiger partial charge in [-0.2, -0.15) is 0 Å². The van der Waals surface area contributed by atoms with Gasteiger partial charge in [0.05, 0.1) is 4.90 Å². The number of carbonyl (C=O) groups is 2. The summed E-state index contributed by atoms with van der Waals surface area (Å²) in [7, 11) is -0.755. The number of esters is 1. The lowest BCUT2D eigenvalue weighted by molar-refractivity contribution is -0.148. The van der Waals surface area contributed by atoms with Gasteiger partial charge in [0.15, 0.2) is 6.10 Å². The van der Waals surface area contributed by atoms with Crippen LogP contribution in [0.4, 0.5) is 5.69 Å². The Labute approximate surface area is 148 Å². The SMILES string of the molecule is CC/C=C/C(=O)OC(C)C(=O)Nc1cc(S(=O)(=O)N(C)C)ccc1C. The Morgan fingerprint density at radius 3 is 2.52 bits per heavy atom. The smallest absolute Gasteiger partial charge is 0.331 e. The molecule has 8 heteroatoms. The minimum absolute atomic E-state index is 0.0638. The summed E-state index contributed by atoms with van der Waals surface area (Å²) in [4.78, 5) is 23.8. The molecule has 1 unspecified atom stereocenters. The fourth-order valence-electron chi connectivity index (χ4n) is 1.82. The molecule has 7 nitrogen and oxygen atoms in total. The van der Waals surface area contributed by atoms with Gasteiger partial charge in [0.25, 0.3) is 5.91 Å². The Hall–Kier alpha value is -2.19. The van der Waals surface area contributed by atoms with E-state index in [1.807, 2.05) is 6.92 Å². The zero-order valence-electron chi connectivity index (χ0n) is 15.1. The van der Waals surface area contributed by atoms with Crippen molar-refractivity contribution in [2.45, 2.75) is 38.2 Å². The van der Waals surface area contributed by atoms with Gasteiger partial charge in [0.1, 0.15) is 0 Å². The zero-order chi connectivity index (χ0) is 19.2. The maximum atomic E-state index is 12.2. The summed E-state index contributed by atoms with van der Waals surface area (Å²) in [6.45, 7) is 5.06. The number of nitrogens with zero attached hydrogens (tertiary/aromatic N) is 1. The number of nitrogens with one attached hydrogen (secondary N) is 1. The van der Waals surface area contributed by atoms with Crippen LogP contribution in [0.3, 0.4) is 0 Å². The number of hydrogen-bond acceptors (Lipinski definition) is 5.